The molecule has 0 aliphatic carbocycles. The molecule has 1 nitrogen and oxygen atoms in total. The maximum atomic E-state index is 13.0. The van der Waals surface area contributed by atoms with Crippen molar-refractivity contribution < 1.29 is 8.78 Å². The maximum absolute atomic E-state index is 13.0. The van der Waals surface area contributed by atoms with E-state index in [4.69, 9.17) is 0 Å². The normalized spacial score (nSPS) is 12.3. The summed E-state index contributed by atoms with van der Waals surface area (Å²) in [6, 6.07) is 6.88. The quantitative estimate of drug-likeness (QED) is 0.796. The highest BCUT2D eigenvalue weighted by Gasteiger charge is 2.26. The molecule has 2 rings (SSSR count). The largest absolute Gasteiger partial charge is 0.353 e. The van der Waals surface area contributed by atoms with Crippen molar-refractivity contribution in [2.45, 2.75) is 12.8 Å². The minimum atomic E-state index is -2.82. The third kappa shape index (κ3) is 1.54. The summed E-state index contributed by atoms with van der Waals surface area (Å²) in [7, 11) is 0. The van der Waals surface area contributed by atoms with E-state index in [2.05, 4.69) is 20.9 Å². The average molecular weight is 260 g/mol. The van der Waals surface area contributed by atoms with E-state index in [1.165, 1.54) is 6.07 Å². The monoisotopic (exact) mass is 259 g/mol. The Bertz CT molecular complexity index is 470. The van der Waals surface area contributed by atoms with Crippen molar-refractivity contribution in [3.63, 3.8) is 0 Å². The van der Waals surface area contributed by atoms with Crippen LogP contribution in [-0.2, 0) is 5.92 Å². The van der Waals surface area contributed by atoms with Crippen molar-refractivity contribution in [3.8, 4) is 0 Å². The van der Waals surface area contributed by atoms with Gasteiger partial charge in [0.15, 0.2) is 0 Å². The van der Waals surface area contributed by atoms with Crippen LogP contribution in [0.2, 0.25) is 0 Å². The predicted molar refractivity (Wildman–Crippen MR) is 55.6 cm³/mol. The number of hydrogen-bond donors (Lipinski definition) is 1. The number of halogens is 3. The fourth-order valence-corrected chi connectivity index (χ4v) is 1.84. The minimum Gasteiger partial charge on any atom is -0.353 e. The van der Waals surface area contributed by atoms with Crippen LogP contribution >= 0.6 is 15.9 Å². The van der Waals surface area contributed by atoms with E-state index < -0.39 is 5.92 Å². The second-order valence-electron chi connectivity index (χ2n) is 3.27. The van der Waals surface area contributed by atoms with E-state index in [1.54, 1.807) is 12.1 Å². The highest BCUT2D eigenvalue weighted by Crippen LogP contribution is 2.32. The number of hydrogen-bond acceptors (Lipinski definition) is 0. The summed E-state index contributed by atoms with van der Waals surface area (Å²) in [5.74, 6) is -2.82. The molecule has 2 aromatic rings. The van der Waals surface area contributed by atoms with Gasteiger partial charge in [0.1, 0.15) is 0 Å². The fourth-order valence-electron chi connectivity index (χ4n) is 1.35. The third-order valence-electron chi connectivity index (χ3n) is 2.08. The van der Waals surface area contributed by atoms with Gasteiger partial charge in [-0.1, -0.05) is 22.0 Å². The van der Waals surface area contributed by atoms with E-state index in [-0.39, 0.29) is 5.69 Å². The summed E-state index contributed by atoms with van der Waals surface area (Å²) in [5, 5.41) is 0.782. The lowest BCUT2D eigenvalue weighted by atomic mass is 10.2. The average Bonchev–Trinajstić information content (AvgIpc) is 2.48. The number of aromatic nitrogens is 1. The van der Waals surface area contributed by atoms with Crippen LogP contribution in [-0.4, -0.2) is 4.98 Å². The van der Waals surface area contributed by atoms with Crippen LogP contribution in [0.25, 0.3) is 10.9 Å². The van der Waals surface area contributed by atoms with Gasteiger partial charge in [0.25, 0.3) is 5.92 Å². The summed E-state index contributed by atoms with van der Waals surface area (Å²) >= 11 is 3.31. The summed E-state index contributed by atoms with van der Waals surface area (Å²) in [6.07, 6.45) is 0. The standard InChI is InChI=1S/C10H8BrF2N/c1-10(12,13)9-5-6-7(11)3-2-4-8(6)14-9/h2-5,14H,1H3. The van der Waals surface area contributed by atoms with Crippen LogP contribution in [0.15, 0.2) is 28.7 Å². The molecule has 0 saturated carbocycles. The van der Waals surface area contributed by atoms with Crippen molar-refractivity contribution >= 4 is 26.8 Å². The molecule has 0 amide bonds. The van der Waals surface area contributed by atoms with Gasteiger partial charge in [-0.15, -0.1) is 0 Å². The Labute approximate surface area is 88.3 Å². The molecule has 0 saturated heterocycles. The summed E-state index contributed by atoms with van der Waals surface area (Å²) < 4.78 is 26.8. The minimum absolute atomic E-state index is 0.0561. The lowest BCUT2D eigenvalue weighted by Crippen LogP contribution is -2.06. The Balaban J connectivity index is 2.69. The highest BCUT2D eigenvalue weighted by molar-refractivity contribution is 9.10. The van der Waals surface area contributed by atoms with Gasteiger partial charge in [-0.2, -0.15) is 0 Å². The van der Waals surface area contributed by atoms with Gasteiger partial charge in [0.05, 0.1) is 5.69 Å². The number of rotatable bonds is 1. The third-order valence-corrected chi connectivity index (χ3v) is 2.78. The molecule has 1 aromatic heterocycles. The van der Waals surface area contributed by atoms with Crippen molar-refractivity contribution in [1.82, 2.24) is 4.98 Å². The summed E-state index contributed by atoms with van der Waals surface area (Å²) in [4.78, 5) is 2.70. The first kappa shape index (κ1) is 9.65. The van der Waals surface area contributed by atoms with Crippen LogP contribution in [0.3, 0.4) is 0 Å². The van der Waals surface area contributed by atoms with Gasteiger partial charge >= 0.3 is 0 Å². The topological polar surface area (TPSA) is 15.8 Å². The van der Waals surface area contributed by atoms with Gasteiger partial charge in [0, 0.05) is 22.3 Å². The van der Waals surface area contributed by atoms with Gasteiger partial charge in [-0.05, 0) is 18.2 Å². The van der Waals surface area contributed by atoms with E-state index in [0.717, 1.165) is 22.3 Å². The highest BCUT2D eigenvalue weighted by atomic mass is 79.9. The molecule has 4 heteroatoms. The van der Waals surface area contributed by atoms with Crippen molar-refractivity contribution in [2.75, 3.05) is 0 Å². The lowest BCUT2D eigenvalue weighted by molar-refractivity contribution is 0.0135. The Morgan fingerprint density at radius 3 is 2.64 bits per heavy atom. The fraction of sp³-hybridized carbons (Fsp3) is 0.200. The molecule has 14 heavy (non-hydrogen) atoms. The van der Waals surface area contributed by atoms with Gasteiger partial charge < -0.3 is 4.98 Å². The van der Waals surface area contributed by atoms with Crippen LogP contribution in [0, 0.1) is 0 Å². The summed E-state index contributed by atoms with van der Waals surface area (Å²) in [6.45, 7) is 0.881. The number of H-pyrrole nitrogens is 1. The van der Waals surface area contributed by atoms with E-state index in [1.807, 2.05) is 6.07 Å². The smallest absolute Gasteiger partial charge is 0.284 e. The zero-order valence-electron chi connectivity index (χ0n) is 7.44. The van der Waals surface area contributed by atoms with Gasteiger partial charge in [0.2, 0.25) is 0 Å². The molecule has 0 aliphatic rings. The van der Waals surface area contributed by atoms with E-state index in [0.29, 0.717) is 0 Å². The Morgan fingerprint density at radius 2 is 2.07 bits per heavy atom. The van der Waals surface area contributed by atoms with Crippen LogP contribution in [0.5, 0.6) is 0 Å². The first-order chi connectivity index (χ1) is 6.48. The number of fused-ring (bicyclic) bond motifs is 1. The number of aromatic amines is 1. The van der Waals surface area contributed by atoms with Crippen LogP contribution < -0.4 is 0 Å². The number of alkyl halides is 2. The molecule has 0 atom stereocenters. The molecule has 0 radical (unpaired) electrons. The molecule has 1 N–H and O–H groups in total. The molecule has 1 aromatic carbocycles. The van der Waals surface area contributed by atoms with Crippen molar-refractivity contribution in [2.24, 2.45) is 0 Å². The first-order valence-electron chi connectivity index (χ1n) is 4.14. The molecule has 0 unspecified atom stereocenters. The number of nitrogens with one attached hydrogen (secondary N) is 1. The molecule has 1 heterocycles. The second kappa shape index (κ2) is 3.05. The molecule has 0 bridgehead atoms. The lowest BCUT2D eigenvalue weighted by Gasteiger charge is -2.05. The van der Waals surface area contributed by atoms with Crippen molar-refractivity contribution in [3.05, 3.63) is 34.4 Å². The maximum Gasteiger partial charge on any atom is 0.284 e. The van der Waals surface area contributed by atoms with Crippen LogP contribution in [0.1, 0.15) is 12.6 Å². The Morgan fingerprint density at radius 1 is 1.36 bits per heavy atom. The molecule has 0 fully saturated rings. The van der Waals surface area contributed by atoms with Gasteiger partial charge in [-0.3, -0.25) is 0 Å². The Hall–Kier alpha value is -0.900. The first-order valence-corrected chi connectivity index (χ1v) is 4.93. The molecule has 74 valence electrons. The van der Waals surface area contributed by atoms with Crippen LogP contribution in [0.4, 0.5) is 8.78 Å². The molecule has 0 spiro atoms. The predicted octanol–water partition coefficient (Wildman–Crippen LogP) is 4.04. The number of benzene rings is 1. The zero-order valence-corrected chi connectivity index (χ0v) is 9.03. The van der Waals surface area contributed by atoms with E-state index >= 15 is 0 Å². The molecule has 0 aliphatic heterocycles. The molecular formula is C10H8BrF2N. The van der Waals surface area contributed by atoms with E-state index in [9.17, 15) is 8.78 Å². The Kier molecular flexibility index (Phi) is 2.10. The van der Waals surface area contributed by atoms with Crippen molar-refractivity contribution in [1.29, 1.82) is 0 Å². The zero-order chi connectivity index (χ0) is 10.3. The summed E-state index contributed by atoms with van der Waals surface area (Å²) in [5.41, 5.74) is 0.662. The second-order valence-corrected chi connectivity index (χ2v) is 4.13. The SMILES string of the molecule is CC(F)(F)c1cc2c(Br)cccc2[nH]1. The molecular weight excluding hydrogens is 252 g/mol. The van der Waals surface area contributed by atoms with Gasteiger partial charge in [-0.25, -0.2) is 8.78 Å².